The standard InChI is InChI=1S/C13H25F3N2/c1-9(2)3-8-12(18-17)10-4-6-11(7-5-10)13(14,15)16/h9-12,18H,3-8,17H2,1-2H3. The number of nitrogens with one attached hydrogen (secondary N) is 1. The van der Waals surface area contributed by atoms with E-state index in [0.717, 1.165) is 12.8 Å². The molecule has 5 heteroatoms. The van der Waals surface area contributed by atoms with E-state index in [-0.39, 0.29) is 18.9 Å². The van der Waals surface area contributed by atoms with E-state index >= 15 is 0 Å². The van der Waals surface area contributed by atoms with E-state index in [0.29, 0.717) is 24.7 Å². The van der Waals surface area contributed by atoms with E-state index in [1.54, 1.807) is 0 Å². The van der Waals surface area contributed by atoms with Crippen LogP contribution in [-0.2, 0) is 0 Å². The lowest BCUT2D eigenvalue weighted by molar-refractivity contribution is -0.184. The molecule has 2 nitrogen and oxygen atoms in total. The molecule has 0 aliphatic heterocycles. The van der Waals surface area contributed by atoms with Gasteiger partial charge in [-0.1, -0.05) is 13.8 Å². The summed E-state index contributed by atoms with van der Waals surface area (Å²) in [5.74, 6) is 5.34. The van der Waals surface area contributed by atoms with Crippen LogP contribution in [0.5, 0.6) is 0 Å². The topological polar surface area (TPSA) is 38.0 Å². The van der Waals surface area contributed by atoms with Gasteiger partial charge >= 0.3 is 6.18 Å². The Labute approximate surface area is 107 Å². The van der Waals surface area contributed by atoms with Crippen molar-refractivity contribution in [3.05, 3.63) is 0 Å². The van der Waals surface area contributed by atoms with E-state index in [1.165, 1.54) is 0 Å². The van der Waals surface area contributed by atoms with Gasteiger partial charge in [0.15, 0.2) is 0 Å². The molecule has 0 spiro atoms. The van der Waals surface area contributed by atoms with Crippen molar-refractivity contribution in [1.29, 1.82) is 0 Å². The Hall–Kier alpha value is -0.290. The highest BCUT2D eigenvalue weighted by Crippen LogP contribution is 2.40. The third-order valence-corrected chi connectivity index (χ3v) is 4.07. The Kier molecular flexibility index (Phi) is 5.92. The lowest BCUT2D eigenvalue weighted by Gasteiger charge is -2.34. The minimum atomic E-state index is -4.02. The Morgan fingerprint density at radius 3 is 2.06 bits per heavy atom. The molecule has 3 N–H and O–H groups in total. The van der Waals surface area contributed by atoms with E-state index in [1.807, 2.05) is 0 Å². The Bertz CT molecular complexity index is 233. The van der Waals surface area contributed by atoms with Crippen molar-refractivity contribution in [2.24, 2.45) is 23.6 Å². The zero-order valence-corrected chi connectivity index (χ0v) is 11.3. The second-order valence-corrected chi connectivity index (χ2v) is 5.90. The molecule has 0 saturated heterocycles. The summed E-state index contributed by atoms with van der Waals surface area (Å²) < 4.78 is 37.7. The number of hydrogen-bond donors (Lipinski definition) is 2. The first-order valence-electron chi connectivity index (χ1n) is 6.87. The fraction of sp³-hybridized carbons (Fsp3) is 1.00. The number of hydrogen-bond acceptors (Lipinski definition) is 2. The van der Waals surface area contributed by atoms with Gasteiger partial charge in [-0.3, -0.25) is 11.3 Å². The van der Waals surface area contributed by atoms with E-state index in [9.17, 15) is 13.2 Å². The van der Waals surface area contributed by atoms with Crippen LogP contribution in [0.2, 0.25) is 0 Å². The highest BCUT2D eigenvalue weighted by molar-refractivity contribution is 4.83. The molecular formula is C13H25F3N2. The van der Waals surface area contributed by atoms with Crippen molar-refractivity contribution in [3.8, 4) is 0 Å². The van der Waals surface area contributed by atoms with Gasteiger partial charge in [-0.25, -0.2) is 0 Å². The minimum Gasteiger partial charge on any atom is -0.271 e. The predicted molar refractivity (Wildman–Crippen MR) is 66.7 cm³/mol. The number of alkyl halides is 3. The molecule has 1 fully saturated rings. The number of rotatable bonds is 5. The molecule has 108 valence electrons. The average molecular weight is 266 g/mol. The summed E-state index contributed by atoms with van der Waals surface area (Å²) in [6, 6.07) is 0.168. The first-order chi connectivity index (χ1) is 8.34. The van der Waals surface area contributed by atoms with Crippen molar-refractivity contribution in [2.75, 3.05) is 0 Å². The smallest absolute Gasteiger partial charge is 0.271 e. The maximum Gasteiger partial charge on any atom is 0.391 e. The maximum atomic E-state index is 12.6. The number of nitrogens with two attached hydrogens (primary N) is 1. The van der Waals surface area contributed by atoms with Gasteiger partial charge in [0.25, 0.3) is 0 Å². The molecule has 0 bridgehead atoms. The van der Waals surface area contributed by atoms with Crippen LogP contribution in [0, 0.1) is 17.8 Å². The first-order valence-corrected chi connectivity index (χ1v) is 6.87. The lowest BCUT2D eigenvalue weighted by atomic mass is 9.77. The van der Waals surface area contributed by atoms with Crippen LogP contribution in [0.4, 0.5) is 13.2 Å². The Morgan fingerprint density at radius 2 is 1.67 bits per heavy atom. The van der Waals surface area contributed by atoms with Gasteiger partial charge in [0.05, 0.1) is 5.92 Å². The molecule has 0 radical (unpaired) electrons. The summed E-state index contributed by atoms with van der Waals surface area (Å²) in [5, 5.41) is 0. The summed E-state index contributed by atoms with van der Waals surface area (Å²) in [6.45, 7) is 4.29. The molecule has 1 unspecified atom stereocenters. The second-order valence-electron chi connectivity index (χ2n) is 5.90. The normalized spacial score (nSPS) is 27.5. The van der Waals surface area contributed by atoms with Crippen LogP contribution in [0.25, 0.3) is 0 Å². The zero-order chi connectivity index (χ0) is 13.8. The molecule has 0 heterocycles. The molecule has 18 heavy (non-hydrogen) atoms. The van der Waals surface area contributed by atoms with Gasteiger partial charge in [0.1, 0.15) is 0 Å². The van der Waals surface area contributed by atoms with Crippen molar-refractivity contribution in [2.45, 2.75) is 64.6 Å². The van der Waals surface area contributed by atoms with Gasteiger partial charge < -0.3 is 0 Å². The molecule has 0 aromatic heterocycles. The van der Waals surface area contributed by atoms with Gasteiger partial charge in [0, 0.05) is 6.04 Å². The summed E-state index contributed by atoms with van der Waals surface area (Å²) in [7, 11) is 0. The monoisotopic (exact) mass is 266 g/mol. The number of halogens is 3. The molecule has 0 aromatic rings. The van der Waals surface area contributed by atoms with Gasteiger partial charge in [-0.05, 0) is 50.4 Å². The van der Waals surface area contributed by atoms with Crippen LogP contribution in [0.15, 0.2) is 0 Å². The van der Waals surface area contributed by atoms with Crippen LogP contribution >= 0.6 is 0 Å². The highest BCUT2D eigenvalue weighted by Gasteiger charge is 2.42. The van der Waals surface area contributed by atoms with Crippen LogP contribution in [0.1, 0.15) is 52.4 Å². The van der Waals surface area contributed by atoms with Gasteiger partial charge in [-0.15, -0.1) is 0 Å². The second kappa shape index (κ2) is 6.75. The molecule has 0 aromatic carbocycles. The third kappa shape index (κ3) is 4.76. The molecule has 1 aliphatic rings. The lowest BCUT2D eigenvalue weighted by Crippen LogP contribution is -2.43. The largest absolute Gasteiger partial charge is 0.391 e. The zero-order valence-electron chi connectivity index (χ0n) is 11.3. The molecule has 0 amide bonds. The highest BCUT2D eigenvalue weighted by atomic mass is 19.4. The van der Waals surface area contributed by atoms with Crippen molar-refractivity contribution >= 4 is 0 Å². The maximum absolute atomic E-state index is 12.6. The number of hydrazine groups is 1. The van der Waals surface area contributed by atoms with Gasteiger partial charge in [-0.2, -0.15) is 13.2 Å². The van der Waals surface area contributed by atoms with Gasteiger partial charge in [0.2, 0.25) is 0 Å². The Balaban J connectivity index is 2.40. The van der Waals surface area contributed by atoms with Crippen molar-refractivity contribution < 1.29 is 13.2 Å². The molecule has 1 aliphatic carbocycles. The van der Waals surface area contributed by atoms with E-state index in [4.69, 9.17) is 5.84 Å². The molecule has 1 atom stereocenters. The SMILES string of the molecule is CC(C)CCC(NN)C1CCC(C(F)(F)F)CC1. The van der Waals surface area contributed by atoms with Crippen molar-refractivity contribution in [1.82, 2.24) is 5.43 Å². The molecule has 1 saturated carbocycles. The Morgan fingerprint density at radius 1 is 1.11 bits per heavy atom. The van der Waals surface area contributed by atoms with Crippen molar-refractivity contribution in [3.63, 3.8) is 0 Å². The minimum absolute atomic E-state index is 0.168. The van der Waals surface area contributed by atoms with Crippen LogP contribution in [0.3, 0.4) is 0 Å². The summed E-state index contributed by atoms with van der Waals surface area (Å²) in [6.07, 6.45) is -0.214. The predicted octanol–water partition coefficient (Wildman–Crippen LogP) is 3.62. The average Bonchev–Trinajstić information content (AvgIpc) is 2.29. The summed E-state index contributed by atoms with van der Waals surface area (Å²) in [4.78, 5) is 0. The van der Waals surface area contributed by atoms with Crippen LogP contribution < -0.4 is 11.3 Å². The first kappa shape index (κ1) is 15.8. The third-order valence-electron chi connectivity index (χ3n) is 4.07. The van der Waals surface area contributed by atoms with Crippen LogP contribution in [-0.4, -0.2) is 12.2 Å². The molecular weight excluding hydrogens is 241 g/mol. The summed E-state index contributed by atoms with van der Waals surface area (Å²) >= 11 is 0. The quantitative estimate of drug-likeness (QED) is 0.589. The fourth-order valence-corrected chi connectivity index (χ4v) is 2.82. The fourth-order valence-electron chi connectivity index (χ4n) is 2.82. The van der Waals surface area contributed by atoms with E-state index in [2.05, 4.69) is 19.3 Å². The summed E-state index contributed by atoms with van der Waals surface area (Å²) in [5.41, 5.74) is 2.80. The molecule has 1 rings (SSSR count). The van der Waals surface area contributed by atoms with E-state index < -0.39 is 12.1 Å².